The molecule has 0 aliphatic carbocycles. The van der Waals surface area contributed by atoms with Gasteiger partial charge in [-0.3, -0.25) is 4.79 Å². The summed E-state index contributed by atoms with van der Waals surface area (Å²) in [6.07, 6.45) is 0.921. The van der Waals surface area contributed by atoms with Gasteiger partial charge in [0.2, 0.25) is 0 Å². The Morgan fingerprint density at radius 1 is 1.00 bits per heavy atom. The molecule has 0 aliphatic heterocycles. The minimum atomic E-state index is -1.29. The van der Waals surface area contributed by atoms with Crippen molar-refractivity contribution in [2.75, 3.05) is 0 Å². The zero-order valence-corrected chi connectivity index (χ0v) is 18.6. The first-order valence-electron chi connectivity index (χ1n) is 10.7. The summed E-state index contributed by atoms with van der Waals surface area (Å²) in [6, 6.07) is 25.3. The van der Waals surface area contributed by atoms with Crippen molar-refractivity contribution in [2.24, 2.45) is 5.73 Å². The molecule has 0 amide bonds. The number of aliphatic hydroxyl groups is 1. The summed E-state index contributed by atoms with van der Waals surface area (Å²) < 4.78 is 0. The van der Waals surface area contributed by atoms with E-state index in [0.29, 0.717) is 5.56 Å². The predicted octanol–water partition coefficient (Wildman–Crippen LogP) is 5.80. The molecule has 3 aromatic carbocycles. The maximum Gasteiger partial charge on any atom is 0.186 e. The number of ketones is 1. The normalized spacial score (nSPS) is 14.8. The van der Waals surface area contributed by atoms with E-state index in [-0.39, 0.29) is 11.4 Å². The molecule has 0 saturated heterocycles. The van der Waals surface area contributed by atoms with Crippen molar-refractivity contribution < 1.29 is 9.90 Å². The number of H-pyrrole nitrogens is 1. The summed E-state index contributed by atoms with van der Waals surface area (Å²) in [5.41, 5.74) is 11.2. The number of fused-ring (bicyclic) bond motifs is 1. The highest BCUT2D eigenvalue weighted by molar-refractivity contribution is 6.04. The van der Waals surface area contributed by atoms with Gasteiger partial charge in [0.15, 0.2) is 5.78 Å². The highest BCUT2D eigenvalue weighted by Crippen LogP contribution is 2.39. The third-order valence-electron chi connectivity index (χ3n) is 6.23. The summed E-state index contributed by atoms with van der Waals surface area (Å²) in [6.45, 7) is 5.78. The standard InChI is InChI=1S/C28H28N2O2/c1-18-14-15-22-19(2)26(30-24(22)16-18)25(20-10-6-4-7-11-20)23(17-31)27(32)28(3,29)21-12-8-5-9-13-21/h4-17,25,30-31H,29H2,1-3H3/t25?,28-/m1/s1. The van der Waals surface area contributed by atoms with E-state index in [4.69, 9.17) is 5.73 Å². The van der Waals surface area contributed by atoms with Gasteiger partial charge < -0.3 is 15.8 Å². The number of aryl methyl sites for hydroxylation is 2. The summed E-state index contributed by atoms with van der Waals surface area (Å²) in [4.78, 5) is 17.3. The summed E-state index contributed by atoms with van der Waals surface area (Å²) in [5.74, 6) is -0.817. The average molecular weight is 425 g/mol. The van der Waals surface area contributed by atoms with Crippen LogP contribution >= 0.6 is 0 Å². The van der Waals surface area contributed by atoms with Crippen LogP contribution in [0.1, 0.15) is 40.8 Å². The number of rotatable bonds is 6. The van der Waals surface area contributed by atoms with Crippen molar-refractivity contribution >= 4 is 16.7 Å². The first-order valence-corrected chi connectivity index (χ1v) is 10.7. The number of carbonyl (C=O) groups excluding carboxylic acids is 1. The molecule has 4 nitrogen and oxygen atoms in total. The van der Waals surface area contributed by atoms with Crippen LogP contribution in [-0.4, -0.2) is 15.9 Å². The summed E-state index contributed by atoms with van der Waals surface area (Å²) >= 11 is 0. The van der Waals surface area contributed by atoms with Crippen molar-refractivity contribution in [2.45, 2.75) is 32.2 Å². The lowest BCUT2D eigenvalue weighted by Crippen LogP contribution is -2.43. The average Bonchev–Trinajstić information content (AvgIpc) is 3.13. The first kappa shape index (κ1) is 21.6. The van der Waals surface area contributed by atoms with Gasteiger partial charge in [0.1, 0.15) is 5.54 Å². The number of nitrogens with one attached hydrogen (secondary N) is 1. The molecule has 2 atom stereocenters. The molecule has 0 fully saturated rings. The highest BCUT2D eigenvalue weighted by atomic mass is 16.2. The number of hydrogen-bond donors (Lipinski definition) is 3. The predicted molar refractivity (Wildman–Crippen MR) is 130 cm³/mol. The molecule has 32 heavy (non-hydrogen) atoms. The van der Waals surface area contributed by atoms with Crippen LogP contribution in [0, 0.1) is 13.8 Å². The molecule has 4 N–H and O–H groups in total. The number of aromatic amines is 1. The molecule has 0 saturated carbocycles. The lowest BCUT2D eigenvalue weighted by atomic mass is 9.77. The maximum atomic E-state index is 13.8. The Balaban J connectivity index is 1.89. The van der Waals surface area contributed by atoms with Crippen LogP contribution in [0.25, 0.3) is 10.9 Å². The molecule has 0 spiro atoms. The molecule has 4 aromatic rings. The van der Waals surface area contributed by atoms with Gasteiger partial charge in [0, 0.05) is 22.2 Å². The number of Topliss-reactive ketones (excluding diaryl/α,β-unsaturated/α-hetero) is 1. The molecule has 0 bridgehead atoms. The van der Waals surface area contributed by atoms with Gasteiger partial charge in [-0.25, -0.2) is 0 Å². The topological polar surface area (TPSA) is 79.1 Å². The Kier molecular flexibility index (Phi) is 5.72. The third kappa shape index (κ3) is 3.74. The third-order valence-corrected chi connectivity index (χ3v) is 6.23. The van der Waals surface area contributed by atoms with Crippen LogP contribution in [0.15, 0.2) is 90.7 Å². The smallest absolute Gasteiger partial charge is 0.186 e. The van der Waals surface area contributed by atoms with Crippen LogP contribution in [0.4, 0.5) is 0 Å². The summed E-state index contributed by atoms with van der Waals surface area (Å²) in [5, 5.41) is 11.4. The van der Waals surface area contributed by atoms with E-state index < -0.39 is 11.5 Å². The number of hydrogen-bond acceptors (Lipinski definition) is 3. The van der Waals surface area contributed by atoms with Crippen molar-refractivity contribution in [1.82, 2.24) is 4.98 Å². The van der Waals surface area contributed by atoms with Crippen LogP contribution in [0.3, 0.4) is 0 Å². The second-order valence-electron chi connectivity index (χ2n) is 8.54. The van der Waals surface area contributed by atoms with Gasteiger partial charge in [0.25, 0.3) is 0 Å². The number of benzene rings is 3. The van der Waals surface area contributed by atoms with Crippen LogP contribution in [0.2, 0.25) is 0 Å². The minimum absolute atomic E-state index is 0.247. The Morgan fingerprint density at radius 2 is 1.62 bits per heavy atom. The van der Waals surface area contributed by atoms with E-state index in [1.54, 1.807) is 6.92 Å². The van der Waals surface area contributed by atoms with Gasteiger partial charge in [-0.2, -0.15) is 0 Å². The van der Waals surface area contributed by atoms with Crippen LogP contribution in [-0.2, 0) is 10.3 Å². The van der Waals surface area contributed by atoms with Crippen molar-refractivity contribution in [1.29, 1.82) is 0 Å². The fourth-order valence-electron chi connectivity index (χ4n) is 4.39. The lowest BCUT2D eigenvalue weighted by Gasteiger charge is -2.28. The molecule has 0 radical (unpaired) electrons. The summed E-state index contributed by atoms with van der Waals surface area (Å²) in [7, 11) is 0. The van der Waals surface area contributed by atoms with E-state index in [2.05, 4.69) is 23.2 Å². The molecule has 1 heterocycles. The molecule has 162 valence electrons. The molecular formula is C28H28N2O2. The SMILES string of the molecule is Cc1ccc2c(C)c(C(C(=CO)C(=O)[C@](C)(N)c3ccccc3)c3ccccc3)[nH]c2c1. The molecule has 1 aromatic heterocycles. The van der Waals surface area contributed by atoms with Crippen LogP contribution < -0.4 is 5.73 Å². The molecule has 1 unspecified atom stereocenters. The van der Waals surface area contributed by atoms with Crippen LogP contribution in [0.5, 0.6) is 0 Å². The number of aliphatic hydroxyl groups excluding tert-OH is 1. The van der Waals surface area contributed by atoms with E-state index in [9.17, 15) is 9.90 Å². The second kappa shape index (κ2) is 8.48. The maximum absolute atomic E-state index is 13.8. The van der Waals surface area contributed by atoms with Crippen molar-refractivity contribution in [3.63, 3.8) is 0 Å². The van der Waals surface area contributed by atoms with E-state index in [1.807, 2.05) is 74.5 Å². The molecular weight excluding hydrogens is 396 g/mol. The number of carbonyl (C=O) groups is 1. The quantitative estimate of drug-likeness (QED) is 0.270. The zero-order chi connectivity index (χ0) is 22.9. The van der Waals surface area contributed by atoms with Gasteiger partial charge in [0.05, 0.1) is 12.2 Å². The first-order chi connectivity index (χ1) is 15.3. The van der Waals surface area contributed by atoms with Gasteiger partial charge in [-0.05, 0) is 49.1 Å². The Hall–Kier alpha value is -3.63. The molecule has 4 heteroatoms. The Bertz CT molecular complexity index is 1290. The van der Waals surface area contributed by atoms with E-state index >= 15 is 0 Å². The van der Waals surface area contributed by atoms with E-state index in [0.717, 1.165) is 39.5 Å². The van der Waals surface area contributed by atoms with Gasteiger partial charge >= 0.3 is 0 Å². The van der Waals surface area contributed by atoms with Gasteiger partial charge in [-0.15, -0.1) is 0 Å². The largest absolute Gasteiger partial charge is 0.515 e. The van der Waals surface area contributed by atoms with E-state index in [1.165, 1.54) is 0 Å². The monoisotopic (exact) mass is 424 g/mol. The zero-order valence-electron chi connectivity index (χ0n) is 18.6. The Morgan fingerprint density at radius 3 is 2.25 bits per heavy atom. The Labute approximate surface area is 188 Å². The lowest BCUT2D eigenvalue weighted by molar-refractivity contribution is -0.120. The van der Waals surface area contributed by atoms with Crippen molar-refractivity contribution in [3.05, 3.63) is 119 Å². The van der Waals surface area contributed by atoms with Gasteiger partial charge in [-0.1, -0.05) is 72.8 Å². The number of nitrogens with two attached hydrogens (primary N) is 1. The van der Waals surface area contributed by atoms with Crippen molar-refractivity contribution in [3.8, 4) is 0 Å². The fraction of sp³-hybridized carbons (Fsp3) is 0.179. The fourth-order valence-corrected chi connectivity index (χ4v) is 4.39. The second-order valence-corrected chi connectivity index (χ2v) is 8.54. The minimum Gasteiger partial charge on any atom is -0.515 e. The highest BCUT2D eigenvalue weighted by Gasteiger charge is 2.38. The molecule has 4 rings (SSSR count). The molecule has 0 aliphatic rings. The number of aromatic nitrogens is 1.